The summed E-state index contributed by atoms with van der Waals surface area (Å²) >= 11 is 0. The number of piperidine rings is 1. The maximum Gasteiger partial charge on any atom is 0.0126 e. The monoisotopic (exact) mass is 252 g/mol. The van der Waals surface area contributed by atoms with E-state index in [2.05, 4.69) is 31.0 Å². The summed E-state index contributed by atoms with van der Waals surface area (Å²) < 4.78 is 0. The van der Waals surface area contributed by atoms with Crippen molar-refractivity contribution in [2.75, 3.05) is 13.1 Å². The molecule has 1 N–H and O–H groups in total. The molecule has 0 spiro atoms. The number of nitrogens with one attached hydrogen (secondary N) is 1. The van der Waals surface area contributed by atoms with Gasteiger partial charge in [0.25, 0.3) is 0 Å². The molecule has 0 amide bonds. The summed E-state index contributed by atoms with van der Waals surface area (Å²) in [5, 5.41) is 3.56. The summed E-state index contributed by atoms with van der Waals surface area (Å²) in [5.41, 5.74) is 0. The summed E-state index contributed by atoms with van der Waals surface area (Å²) in [7, 11) is 0. The van der Waals surface area contributed by atoms with Crippen molar-refractivity contribution < 1.29 is 0 Å². The molecule has 0 aromatic heterocycles. The second kappa shape index (κ2) is 6.91. The van der Waals surface area contributed by atoms with Crippen LogP contribution in [0.2, 0.25) is 0 Å². The Morgan fingerprint density at radius 3 is 2.61 bits per heavy atom. The highest BCUT2D eigenvalue weighted by molar-refractivity contribution is 4.90. The first-order valence-electron chi connectivity index (χ1n) is 8.21. The normalized spacial score (nSPS) is 32.8. The third-order valence-corrected chi connectivity index (χ3v) is 5.10. The predicted octanol–water partition coefficient (Wildman–Crippen LogP) is 3.42. The number of fused-ring (bicyclic) bond motifs is 1. The molecule has 2 heteroatoms. The molecular weight excluding hydrogens is 220 g/mol. The molecule has 1 heterocycles. The molecule has 0 aromatic rings. The Morgan fingerprint density at radius 2 is 1.83 bits per heavy atom. The maximum atomic E-state index is 3.56. The first-order valence-corrected chi connectivity index (χ1v) is 8.21. The molecule has 1 saturated carbocycles. The molecule has 0 bridgehead atoms. The summed E-state index contributed by atoms with van der Waals surface area (Å²) in [4.78, 5) is 2.85. The molecule has 2 nitrogen and oxygen atoms in total. The third-order valence-electron chi connectivity index (χ3n) is 5.10. The summed E-state index contributed by atoms with van der Waals surface area (Å²) in [6, 6.07) is 2.33. The fourth-order valence-electron chi connectivity index (χ4n) is 4.29. The van der Waals surface area contributed by atoms with Crippen LogP contribution in [-0.4, -0.2) is 36.1 Å². The van der Waals surface area contributed by atoms with Crippen LogP contribution >= 0.6 is 0 Å². The summed E-state index contributed by atoms with van der Waals surface area (Å²) in [6.07, 6.45) is 10.1. The van der Waals surface area contributed by atoms with E-state index in [1.54, 1.807) is 0 Å². The van der Waals surface area contributed by atoms with Crippen LogP contribution in [0.15, 0.2) is 0 Å². The summed E-state index contributed by atoms with van der Waals surface area (Å²) in [6.45, 7) is 9.44. The molecule has 1 saturated heterocycles. The van der Waals surface area contributed by atoms with Crippen LogP contribution in [-0.2, 0) is 0 Å². The Morgan fingerprint density at radius 1 is 1.11 bits per heavy atom. The van der Waals surface area contributed by atoms with E-state index in [1.807, 2.05) is 0 Å². The van der Waals surface area contributed by atoms with E-state index in [9.17, 15) is 0 Å². The molecule has 18 heavy (non-hydrogen) atoms. The fourth-order valence-corrected chi connectivity index (χ4v) is 4.29. The fraction of sp³-hybridized carbons (Fsp3) is 1.00. The number of rotatable bonds is 5. The van der Waals surface area contributed by atoms with Crippen molar-refractivity contribution in [3.05, 3.63) is 0 Å². The molecule has 4 unspecified atom stereocenters. The Bertz CT molecular complexity index is 239. The largest absolute Gasteiger partial charge is 0.314 e. The molecule has 1 aliphatic carbocycles. The van der Waals surface area contributed by atoms with Gasteiger partial charge in [0, 0.05) is 18.1 Å². The van der Waals surface area contributed by atoms with Gasteiger partial charge < -0.3 is 5.32 Å². The SMILES string of the molecule is CCNC(C)CC(C)N1CCCC2CCCCC21. The minimum absolute atomic E-state index is 0.661. The lowest BCUT2D eigenvalue weighted by atomic mass is 9.77. The zero-order valence-electron chi connectivity index (χ0n) is 12.6. The quantitative estimate of drug-likeness (QED) is 0.806. The highest BCUT2D eigenvalue weighted by Gasteiger charge is 2.35. The van der Waals surface area contributed by atoms with Crippen LogP contribution < -0.4 is 5.32 Å². The Labute approximate surface area is 114 Å². The minimum atomic E-state index is 0.661. The lowest BCUT2D eigenvalue weighted by Crippen LogP contribution is -2.51. The zero-order valence-corrected chi connectivity index (χ0v) is 12.6. The van der Waals surface area contributed by atoms with Gasteiger partial charge in [-0.15, -0.1) is 0 Å². The second-order valence-corrected chi connectivity index (χ2v) is 6.54. The maximum absolute atomic E-state index is 3.56. The average Bonchev–Trinajstić information content (AvgIpc) is 2.38. The van der Waals surface area contributed by atoms with E-state index in [-0.39, 0.29) is 0 Å². The van der Waals surface area contributed by atoms with Crippen molar-refractivity contribution in [2.45, 2.75) is 83.8 Å². The lowest BCUT2D eigenvalue weighted by molar-refractivity contribution is 0.0261. The van der Waals surface area contributed by atoms with Gasteiger partial charge >= 0.3 is 0 Å². The smallest absolute Gasteiger partial charge is 0.0126 e. The second-order valence-electron chi connectivity index (χ2n) is 6.54. The van der Waals surface area contributed by atoms with Gasteiger partial charge in [0.1, 0.15) is 0 Å². The van der Waals surface area contributed by atoms with E-state index in [4.69, 9.17) is 0 Å². The van der Waals surface area contributed by atoms with E-state index in [1.165, 1.54) is 51.5 Å². The minimum Gasteiger partial charge on any atom is -0.314 e. The first kappa shape index (κ1) is 14.3. The molecule has 0 aromatic carbocycles. The molecule has 106 valence electrons. The van der Waals surface area contributed by atoms with Crippen LogP contribution in [0.25, 0.3) is 0 Å². The van der Waals surface area contributed by atoms with Gasteiger partial charge in [-0.3, -0.25) is 4.90 Å². The van der Waals surface area contributed by atoms with Gasteiger partial charge in [-0.05, 0) is 65.0 Å². The standard InChI is InChI=1S/C16H32N2/c1-4-17-13(2)12-14(3)18-11-7-9-15-8-5-6-10-16(15)18/h13-17H,4-12H2,1-3H3. The lowest BCUT2D eigenvalue weighted by Gasteiger charge is -2.47. The van der Waals surface area contributed by atoms with Crippen molar-refractivity contribution >= 4 is 0 Å². The number of hydrogen-bond donors (Lipinski definition) is 1. The van der Waals surface area contributed by atoms with Crippen LogP contribution in [0.4, 0.5) is 0 Å². The van der Waals surface area contributed by atoms with Crippen LogP contribution in [0, 0.1) is 5.92 Å². The van der Waals surface area contributed by atoms with Gasteiger partial charge in [-0.25, -0.2) is 0 Å². The van der Waals surface area contributed by atoms with Crippen LogP contribution in [0.5, 0.6) is 0 Å². The summed E-state index contributed by atoms with van der Waals surface area (Å²) in [5.74, 6) is 1.02. The van der Waals surface area contributed by atoms with Crippen molar-refractivity contribution in [3.63, 3.8) is 0 Å². The number of hydrogen-bond acceptors (Lipinski definition) is 2. The third kappa shape index (κ3) is 3.48. The zero-order chi connectivity index (χ0) is 13.0. The first-order chi connectivity index (χ1) is 8.72. The van der Waals surface area contributed by atoms with Crippen LogP contribution in [0.3, 0.4) is 0 Å². The topological polar surface area (TPSA) is 15.3 Å². The van der Waals surface area contributed by atoms with E-state index >= 15 is 0 Å². The van der Waals surface area contributed by atoms with Gasteiger partial charge in [-0.2, -0.15) is 0 Å². The average molecular weight is 252 g/mol. The van der Waals surface area contributed by atoms with Crippen LogP contribution in [0.1, 0.15) is 65.7 Å². The number of likely N-dealkylation sites (tertiary alicyclic amines) is 1. The Kier molecular flexibility index (Phi) is 5.50. The molecule has 0 radical (unpaired) electrons. The van der Waals surface area contributed by atoms with Gasteiger partial charge in [0.15, 0.2) is 0 Å². The molecule has 2 aliphatic rings. The molecular formula is C16H32N2. The molecule has 2 rings (SSSR count). The van der Waals surface area contributed by atoms with Crippen molar-refractivity contribution in [1.29, 1.82) is 0 Å². The Balaban J connectivity index is 1.89. The van der Waals surface area contributed by atoms with Crippen molar-refractivity contribution in [3.8, 4) is 0 Å². The highest BCUT2D eigenvalue weighted by Crippen LogP contribution is 2.36. The molecule has 4 atom stereocenters. The predicted molar refractivity (Wildman–Crippen MR) is 78.9 cm³/mol. The van der Waals surface area contributed by atoms with Crippen molar-refractivity contribution in [2.24, 2.45) is 5.92 Å². The van der Waals surface area contributed by atoms with E-state index < -0.39 is 0 Å². The van der Waals surface area contributed by atoms with Crippen molar-refractivity contribution in [1.82, 2.24) is 10.2 Å². The van der Waals surface area contributed by atoms with E-state index in [0.717, 1.165) is 24.5 Å². The van der Waals surface area contributed by atoms with Gasteiger partial charge in [0.2, 0.25) is 0 Å². The molecule has 1 aliphatic heterocycles. The molecule has 2 fully saturated rings. The van der Waals surface area contributed by atoms with E-state index in [0.29, 0.717) is 6.04 Å². The number of nitrogens with zero attached hydrogens (tertiary/aromatic N) is 1. The van der Waals surface area contributed by atoms with Gasteiger partial charge in [-0.1, -0.05) is 19.8 Å². The van der Waals surface area contributed by atoms with Gasteiger partial charge in [0.05, 0.1) is 0 Å². The Hall–Kier alpha value is -0.0800. The highest BCUT2D eigenvalue weighted by atomic mass is 15.2.